The molecule has 0 saturated heterocycles. The average molecular weight is 291 g/mol. The SMILES string of the molecule is COCOc1ccc(-c2cnn(C)c2C(=O)OC)nc1C. The highest BCUT2D eigenvalue weighted by Crippen LogP contribution is 2.25. The number of esters is 1. The second-order valence-electron chi connectivity index (χ2n) is 4.35. The Balaban J connectivity index is 2.39. The monoisotopic (exact) mass is 291 g/mol. The molecule has 0 spiro atoms. The number of rotatable bonds is 5. The first-order valence-electron chi connectivity index (χ1n) is 6.28. The Bertz CT molecular complexity index is 652. The molecule has 7 heteroatoms. The molecule has 0 bridgehead atoms. The Kier molecular flexibility index (Phi) is 4.54. The molecule has 2 aromatic heterocycles. The van der Waals surface area contributed by atoms with Gasteiger partial charge in [-0.2, -0.15) is 5.10 Å². The minimum absolute atomic E-state index is 0.155. The molecule has 0 amide bonds. The topological polar surface area (TPSA) is 75.5 Å². The van der Waals surface area contributed by atoms with Gasteiger partial charge in [0.05, 0.1) is 30.3 Å². The van der Waals surface area contributed by atoms with Crippen LogP contribution < -0.4 is 4.74 Å². The summed E-state index contributed by atoms with van der Waals surface area (Å²) in [5, 5.41) is 4.09. The first-order chi connectivity index (χ1) is 10.1. The van der Waals surface area contributed by atoms with Gasteiger partial charge in [0.1, 0.15) is 5.75 Å². The van der Waals surface area contributed by atoms with E-state index >= 15 is 0 Å². The maximum absolute atomic E-state index is 11.8. The van der Waals surface area contributed by atoms with Crippen LogP contribution in [0.4, 0.5) is 0 Å². The molecule has 0 saturated carbocycles. The highest BCUT2D eigenvalue weighted by molar-refractivity contribution is 5.94. The summed E-state index contributed by atoms with van der Waals surface area (Å²) in [4.78, 5) is 16.3. The summed E-state index contributed by atoms with van der Waals surface area (Å²) in [6.07, 6.45) is 1.59. The zero-order valence-electron chi connectivity index (χ0n) is 12.4. The van der Waals surface area contributed by atoms with Gasteiger partial charge < -0.3 is 14.2 Å². The lowest BCUT2D eigenvalue weighted by Crippen LogP contribution is -2.10. The molecule has 0 aliphatic rings. The fraction of sp³-hybridized carbons (Fsp3) is 0.357. The normalized spacial score (nSPS) is 10.5. The third-order valence-corrected chi connectivity index (χ3v) is 2.96. The fourth-order valence-corrected chi connectivity index (χ4v) is 1.94. The number of aryl methyl sites for hydroxylation is 2. The summed E-state index contributed by atoms with van der Waals surface area (Å²) in [5.41, 5.74) is 2.30. The van der Waals surface area contributed by atoms with Crippen molar-refractivity contribution in [3.8, 4) is 17.0 Å². The van der Waals surface area contributed by atoms with Crippen LogP contribution in [0.5, 0.6) is 5.75 Å². The van der Waals surface area contributed by atoms with Gasteiger partial charge in [0.25, 0.3) is 0 Å². The van der Waals surface area contributed by atoms with Crippen molar-refractivity contribution in [2.24, 2.45) is 7.05 Å². The third-order valence-electron chi connectivity index (χ3n) is 2.96. The zero-order valence-corrected chi connectivity index (χ0v) is 12.4. The van der Waals surface area contributed by atoms with Crippen molar-refractivity contribution in [2.75, 3.05) is 21.0 Å². The fourth-order valence-electron chi connectivity index (χ4n) is 1.94. The van der Waals surface area contributed by atoms with Crippen LogP contribution >= 0.6 is 0 Å². The van der Waals surface area contributed by atoms with Crippen molar-refractivity contribution in [1.82, 2.24) is 14.8 Å². The third kappa shape index (κ3) is 3.03. The van der Waals surface area contributed by atoms with Crippen LogP contribution in [0.3, 0.4) is 0 Å². The van der Waals surface area contributed by atoms with Crippen molar-refractivity contribution in [1.29, 1.82) is 0 Å². The molecule has 0 N–H and O–H groups in total. The van der Waals surface area contributed by atoms with Gasteiger partial charge in [-0.15, -0.1) is 0 Å². The van der Waals surface area contributed by atoms with E-state index in [2.05, 4.69) is 10.1 Å². The minimum Gasteiger partial charge on any atom is -0.466 e. The van der Waals surface area contributed by atoms with E-state index in [0.29, 0.717) is 28.4 Å². The molecule has 7 nitrogen and oxygen atoms in total. The summed E-state index contributed by atoms with van der Waals surface area (Å²) < 4.78 is 16.5. The van der Waals surface area contributed by atoms with E-state index < -0.39 is 5.97 Å². The summed E-state index contributed by atoms with van der Waals surface area (Å²) in [6, 6.07) is 3.55. The van der Waals surface area contributed by atoms with Crippen molar-refractivity contribution in [3.63, 3.8) is 0 Å². The van der Waals surface area contributed by atoms with Gasteiger partial charge in [-0.1, -0.05) is 0 Å². The molecule has 0 aliphatic heterocycles. The van der Waals surface area contributed by atoms with Crippen LogP contribution in [0.25, 0.3) is 11.3 Å². The summed E-state index contributed by atoms with van der Waals surface area (Å²) in [7, 11) is 4.56. The van der Waals surface area contributed by atoms with Gasteiger partial charge in [0.15, 0.2) is 12.5 Å². The lowest BCUT2D eigenvalue weighted by atomic mass is 10.1. The van der Waals surface area contributed by atoms with Gasteiger partial charge in [-0.05, 0) is 19.1 Å². The maximum Gasteiger partial charge on any atom is 0.357 e. The predicted molar refractivity (Wildman–Crippen MR) is 75.0 cm³/mol. The molecular formula is C14H17N3O4. The Morgan fingerprint density at radius 2 is 2.10 bits per heavy atom. The van der Waals surface area contributed by atoms with Gasteiger partial charge in [0, 0.05) is 14.2 Å². The van der Waals surface area contributed by atoms with E-state index in [1.165, 1.54) is 11.8 Å². The Hall–Kier alpha value is -2.41. The van der Waals surface area contributed by atoms with E-state index in [-0.39, 0.29) is 6.79 Å². The van der Waals surface area contributed by atoms with E-state index in [0.717, 1.165) is 0 Å². The number of ether oxygens (including phenoxy) is 3. The standard InChI is InChI=1S/C14H17N3O4/c1-9-12(21-8-19-3)6-5-11(16-9)10-7-15-17(2)13(10)14(18)20-4/h5-7H,8H2,1-4H3. The first-order valence-corrected chi connectivity index (χ1v) is 6.28. The van der Waals surface area contributed by atoms with Crippen LogP contribution in [0.2, 0.25) is 0 Å². The second-order valence-corrected chi connectivity index (χ2v) is 4.35. The molecule has 0 atom stereocenters. The van der Waals surface area contributed by atoms with E-state index in [4.69, 9.17) is 14.2 Å². The summed E-state index contributed by atoms with van der Waals surface area (Å²) in [5.74, 6) is 0.174. The lowest BCUT2D eigenvalue weighted by molar-refractivity contribution is 0.0503. The molecule has 2 heterocycles. The molecule has 0 fully saturated rings. The van der Waals surface area contributed by atoms with Crippen molar-refractivity contribution < 1.29 is 19.0 Å². The molecule has 2 aromatic rings. The van der Waals surface area contributed by atoms with Gasteiger partial charge in [0.2, 0.25) is 0 Å². The predicted octanol–water partition coefficient (Wildman–Crippen LogP) is 1.56. The highest BCUT2D eigenvalue weighted by atomic mass is 16.7. The molecule has 2 rings (SSSR count). The van der Waals surface area contributed by atoms with Gasteiger partial charge in [-0.25, -0.2) is 9.78 Å². The smallest absolute Gasteiger partial charge is 0.357 e. The number of hydrogen-bond donors (Lipinski definition) is 0. The van der Waals surface area contributed by atoms with Crippen molar-refractivity contribution in [3.05, 3.63) is 29.7 Å². The Morgan fingerprint density at radius 3 is 2.71 bits per heavy atom. The molecule has 112 valence electrons. The Labute approximate surface area is 122 Å². The molecule has 0 aliphatic carbocycles. The number of pyridine rings is 1. The quantitative estimate of drug-likeness (QED) is 0.614. The van der Waals surface area contributed by atoms with E-state index in [1.54, 1.807) is 32.5 Å². The maximum atomic E-state index is 11.8. The zero-order chi connectivity index (χ0) is 15.4. The number of methoxy groups -OCH3 is 2. The average Bonchev–Trinajstić information content (AvgIpc) is 2.87. The lowest BCUT2D eigenvalue weighted by Gasteiger charge is -2.09. The largest absolute Gasteiger partial charge is 0.466 e. The number of carbonyl (C=O) groups is 1. The van der Waals surface area contributed by atoms with Crippen LogP contribution in [0, 0.1) is 6.92 Å². The molecule has 0 unspecified atom stereocenters. The molecule has 21 heavy (non-hydrogen) atoms. The number of nitrogens with zero attached hydrogens (tertiary/aromatic N) is 3. The number of hydrogen-bond acceptors (Lipinski definition) is 6. The second kappa shape index (κ2) is 6.36. The molecule has 0 aromatic carbocycles. The highest BCUT2D eigenvalue weighted by Gasteiger charge is 2.20. The van der Waals surface area contributed by atoms with Crippen LogP contribution in [-0.2, 0) is 16.5 Å². The first kappa shape index (κ1) is 15.0. The number of aromatic nitrogens is 3. The van der Waals surface area contributed by atoms with Crippen molar-refractivity contribution >= 4 is 5.97 Å². The van der Waals surface area contributed by atoms with Crippen molar-refractivity contribution in [2.45, 2.75) is 6.92 Å². The van der Waals surface area contributed by atoms with E-state index in [1.807, 2.05) is 6.92 Å². The van der Waals surface area contributed by atoms with Gasteiger partial charge >= 0.3 is 5.97 Å². The van der Waals surface area contributed by atoms with Crippen LogP contribution in [-0.4, -0.2) is 41.7 Å². The Morgan fingerprint density at radius 1 is 1.33 bits per heavy atom. The summed E-state index contributed by atoms with van der Waals surface area (Å²) in [6.45, 7) is 1.98. The summed E-state index contributed by atoms with van der Waals surface area (Å²) >= 11 is 0. The molecular weight excluding hydrogens is 274 g/mol. The van der Waals surface area contributed by atoms with E-state index in [9.17, 15) is 4.79 Å². The van der Waals surface area contributed by atoms with Gasteiger partial charge in [-0.3, -0.25) is 4.68 Å². The minimum atomic E-state index is -0.454. The number of carbonyl (C=O) groups excluding carboxylic acids is 1. The van der Waals surface area contributed by atoms with Crippen LogP contribution in [0.15, 0.2) is 18.3 Å². The van der Waals surface area contributed by atoms with Crippen LogP contribution in [0.1, 0.15) is 16.2 Å². The molecule has 0 radical (unpaired) electrons.